The first kappa shape index (κ1) is 18.1. The fourth-order valence-electron chi connectivity index (χ4n) is 0.948. The molecule has 1 N–H and O–H groups in total. The summed E-state index contributed by atoms with van der Waals surface area (Å²) in [6.07, 6.45) is 0.646. The first-order chi connectivity index (χ1) is 8.15. The summed E-state index contributed by atoms with van der Waals surface area (Å²) in [5.74, 6) is -0.254. The molecule has 0 aromatic heterocycles. The molecule has 0 aliphatic rings. The maximum Gasteiger partial charge on any atom is 0.325 e. The van der Waals surface area contributed by atoms with Crippen LogP contribution in [0, 0.1) is 0 Å². The third kappa shape index (κ3) is 5.82. The van der Waals surface area contributed by atoms with Crippen LogP contribution in [0.2, 0.25) is 18.1 Å². The lowest BCUT2D eigenvalue weighted by Crippen LogP contribution is -2.50. The molecule has 0 aromatic carbocycles. The van der Waals surface area contributed by atoms with Crippen LogP contribution < -0.4 is 5.48 Å². The lowest BCUT2D eigenvalue weighted by molar-refractivity contribution is -0.148. The van der Waals surface area contributed by atoms with Crippen LogP contribution in [0.15, 0.2) is 0 Å². The number of hydrogen-bond acceptors (Lipinski definition) is 4. The molecule has 4 nitrogen and oxygen atoms in total. The predicted molar refractivity (Wildman–Crippen MR) is 80.2 cm³/mol. The maximum atomic E-state index is 11.7. The van der Waals surface area contributed by atoms with Gasteiger partial charge in [0.2, 0.25) is 8.32 Å². The monoisotopic (exact) mass is 339 g/mol. The summed E-state index contributed by atoms with van der Waals surface area (Å²) >= 11 is 3.34. The number of hydroxylamine groups is 1. The number of carbonyl (C=O) groups is 1. The van der Waals surface area contributed by atoms with Crippen molar-refractivity contribution in [1.82, 2.24) is 5.48 Å². The van der Waals surface area contributed by atoms with Crippen LogP contribution in [0.4, 0.5) is 0 Å². The van der Waals surface area contributed by atoms with Gasteiger partial charge in [-0.05, 0) is 31.5 Å². The number of esters is 1. The minimum Gasteiger partial charge on any atom is -0.465 e. The van der Waals surface area contributed by atoms with E-state index in [0.717, 1.165) is 5.33 Å². The Labute approximate surface area is 120 Å². The van der Waals surface area contributed by atoms with E-state index in [0.29, 0.717) is 13.0 Å². The molecule has 0 aliphatic heterocycles. The average Bonchev–Trinajstić information content (AvgIpc) is 2.22. The zero-order chi connectivity index (χ0) is 14.4. The van der Waals surface area contributed by atoms with Gasteiger partial charge < -0.3 is 9.26 Å². The van der Waals surface area contributed by atoms with Crippen LogP contribution in [0.3, 0.4) is 0 Å². The molecule has 0 spiro atoms. The Bertz CT molecular complexity index is 267. The highest BCUT2D eigenvalue weighted by Gasteiger charge is 2.39. The number of ether oxygens (including phenoxy) is 1. The minimum atomic E-state index is -1.90. The van der Waals surface area contributed by atoms with Crippen molar-refractivity contribution in [3.05, 3.63) is 0 Å². The molecule has 1 atom stereocenters. The quantitative estimate of drug-likeness (QED) is 0.335. The summed E-state index contributed by atoms with van der Waals surface area (Å²) in [5, 5.41) is 0.831. The molecule has 0 saturated heterocycles. The van der Waals surface area contributed by atoms with Crippen LogP contribution in [0.25, 0.3) is 0 Å². The zero-order valence-electron chi connectivity index (χ0n) is 12.3. The van der Waals surface area contributed by atoms with E-state index in [-0.39, 0.29) is 11.0 Å². The lowest BCUT2D eigenvalue weighted by atomic mass is 10.2. The highest BCUT2D eigenvalue weighted by Crippen LogP contribution is 2.35. The van der Waals surface area contributed by atoms with Gasteiger partial charge in [0.15, 0.2) is 0 Å². The third-order valence-electron chi connectivity index (χ3n) is 3.23. The summed E-state index contributed by atoms with van der Waals surface area (Å²) in [4.78, 5) is 11.7. The van der Waals surface area contributed by atoms with Gasteiger partial charge in [0.05, 0.1) is 6.61 Å². The fraction of sp³-hybridized carbons (Fsp3) is 0.917. The molecule has 6 heteroatoms. The molecule has 0 unspecified atom stereocenters. The maximum absolute atomic E-state index is 11.7. The second-order valence-corrected chi connectivity index (χ2v) is 11.3. The smallest absolute Gasteiger partial charge is 0.325 e. The Morgan fingerprint density at radius 2 is 1.94 bits per heavy atom. The van der Waals surface area contributed by atoms with Crippen molar-refractivity contribution < 1.29 is 14.1 Å². The van der Waals surface area contributed by atoms with Crippen LogP contribution >= 0.6 is 15.9 Å². The Hall–Kier alpha value is 0.0869. The van der Waals surface area contributed by atoms with Crippen molar-refractivity contribution in [2.75, 3.05) is 11.9 Å². The number of nitrogens with one attached hydrogen (secondary N) is 1. The molecule has 0 heterocycles. The van der Waals surface area contributed by atoms with Gasteiger partial charge in [-0.25, -0.2) is 5.48 Å². The van der Waals surface area contributed by atoms with E-state index in [4.69, 9.17) is 9.26 Å². The molecule has 0 amide bonds. The molecular formula is C12H26BrNO3Si. The van der Waals surface area contributed by atoms with Crippen LogP contribution in [0.5, 0.6) is 0 Å². The SMILES string of the molecule is CCOC(=O)[C@H](CCBr)NO[Si](C)(C)C(C)(C)C. The first-order valence-electron chi connectivity index (χ1n) is 6.32. The Morgan fingerprint density at radius 3 is 2.33 bits per heavy atom. The van der Waals surface area contributed by atoms with E-state index in [1.807, 2.05) is 0 Å². The van der Waals surface area contributed by atoms with Crippen molar-refractivity contribution in [3.8, 4) is 0 Å². The second-order valence-electron chi connectivity index (χ2n) is 5.76. The topological polar surface area (TPSA) is 47.6 Å². The van der Waals surface area contributed by atoms with Gasteiger partial charge in [0.25, 0.3) is 0 Å². The largest absolute Gasteiger partial charge is 0.465 e. The molecule has 0 fully saturated rings. The minimum absolute atomic E-state index is 0.105. The van der Waals surface area contributed by atoms with E-state index >= 15 is 0 Å². The van der Waals surface area contributed by atoms with Gasteiger partial charge in [-0.1, -0.05) is 36.7 Å². The van der Waals surface area contributed by atoms with E-state index in [1.54, 1.807) is 6.92 Å². The highest BCUT2D eigenvalue weighted by molar-refractivity contribution is 9.09. The van der Waals surface area contributed by atoms with Crippen molar-refractivity contribution in [2.24, 2.45) is 0 Å². The highest BCUT2D eigenvalue weighted by atomic mass is 79.9. The Balaban J connectivity index is 4.48. The van der Waals surface area contributed by atoms with Crippen molar-refractivity contribution in [1.29, 1.82) is 0 Å². The normalized spacial score (nSPS) is 14.4. The van der Waals surface area contributed by atoms with Gasteiger partial charge in [-0.15, -0.1) is 0 Å². The van der Waals surface area contributed by atoms with Crippen molar-refractivity contribution >= 4 is 30.2 Å². The van der Waals surface area contributed by atoms with E-state index in [1.165, 1.54) is 0 Å². The molecule has 0 aliphatic carbocycles. The molecule has 0 rings (SSSR count). The van der Waals surface area contributed by atoms with E-state index in [2.05, 4.69) is 55.3 Å². The standard InChI is InChI=1S/C12H26BrNO3Si/c1-7-16-11(15)10(8-9-13)14-17-18(5,6)12(2,3)4/h10,14H,7-9H2,1-6H3/t10-/m0/s1. The molecule has 18 heavy (non-hydrogen) atoms. The van der Waals surface area contributed by atoms with Crippen molar-refractivity contribution in [3.63, 3.8) is 0 Å². The van der Waals surface area contributed by atoms with Gasteiger partial charge in [0.1, 0.15) is 6.04 Å². The summed E-state index contributed by atoms with van der Waals surface area (Å²) < 4.78 is 10.9. The van der Waals surface area contributed by atoms with E-state index < -0.39 is 14.4 Å². The second kappa shape index (κ2) is 7.62. The van der Waals surface area contributed by atoms with Crippen molar-refractivity contribution in [2.45, 2.75) is 58.3 Å². The number of alkyl halides is 1. The number of carbonyl (C=O) groups excluding carboxylic acids is 1. The predicted octanol–water partition coefficient (Wildman–Crippen LogP) is 3.23. The van der Waals surface area contributed by atoms with E-state index in [9.17, 15) is 4.79 Å². The summed E-state index contributed by atoms with van der Waals surface area (Å²) in [6, 6.07) is -0.404. The van der Waals surface area contributed by atoms with Crippen LogP contribution in [-0.4, -0.2) is 32.3 Å². The van der Waals surface area contributed by atoms with Gasteiger partial charge in [-0.3, -0.25) is 4.79 Å². The Morgan fingerprint density at radius 1 is 1.39 bits per heavy atom. The third-order valence-corrected chi connectivity index (χ3v) is 7.93. The molecule has 0 saturated carbocycles. The molecule has 0 bridgehead atoms. The number of hydrogen-bond donors (Lipinski definition) is 1. The molecule has 108 valence electrons. The molecular weight excluding hydrogens is 314 g/mol. The fourth-order valence-corrected chi connectivity index (χ4v) is 2.15. The number of halogens is 1. The summed E-state index contributed by atoms with van der Waals surface area (Å²) in [5.41, 5.74) is 2.91. The van der Waals surface area contributed by atoms with Gasteiger partial charge in [0, 0.05) is 5.33 Å². The average molecular weight is 340 g/mol. The van der Waals surface area contributed by atoms with Crippen LogP contribution in [0.1, 0.15) is 34.1 Å². The van der Waals surface area contributed by atoms with Crippen LogP contribution in [-0.2, 0) is 14.1 Å². The molecule has 0 radical (unpaired) electrons. The zero-order valence-corrected chi connectivity index (χ0v) is 14.9. The summed E-state index contributed by atoms with van der Waals surface area (Å²) in [6.45, 7) is 12.9. The summed E-state index contributed by atoms with van der Waals surface area (Å²) in [7, 11) is -1.90. The molecule has 0 aromatic rings. The van der Waals surface area contributed by atoms with Gasteiger partial charge in [-0.2, -0.15) is 0 Å². The van der Waals surface area contributed by atoms with Gasteiger partial charge >= 0.3 is 5.97 Å². The lowest BCUT2D eigenvalue weighted by Gasteiger charge is -2.36. The number of rotatable bonds is 7. The first-order valence-corrected chi connectivity index (χ1v) is 10.3. The Kier molecular flexibility index (Phi) is 7.66.